The van der Waals surface area contributed by atoms with Gasteiger partial charge in [0.2, 0.25) is 0 Å². The standard InChI is InChI=1S/C59H55N3O16/c1-3-54(63)73-37-11-7-5-9-35-71-47-26-30-50(31-27-47)77-57(66)43-17-34-52(59(68)78-51-32-28-48(29-33-51)72-36-10-6-8-12-38-74-55(64)4-2)53(39-43)58(67)75-40-41-13-24-49(25-14-41)76-56(65)42-15-18-44(19-16-42)60-61-45-20-22-46(23-21-45)62(69)70/h3-4,13-34,39H,1-2,5-12,35-38,40H2. The van der Waals surface area contributed by atoms with E-state index in [1.54, 1.807) is 60.7 Å². The molecular formula is C59H55N3O16. The summed E-state index contributed by atoms with van der Waals surface area (Å²) >= 11 is 0. The molecule has 0 saturated heterocycles. The maximum Gasteiger partial charge on any atom is 0.344 e. The molecule has 0 fully saturated rings. The second kappa shape index (κ2) is 30.6. The van der Waals surface area contributed by atoms with Gasteiger partial charge in [-0.3, -0.25) is 10.1 Å². The monoisotopic (exact) mass is 1060 g/mol. The topological polar surface area (TPSA) is 244 Å². The Morgan fingerprint density at radius 2 is 0.846 bits per heavy atom. The van der Waals surface area contributed by atoms with E-state index in [2.05, 4.69) is 23.4 Å². The lowest BCUT2D eigenvalue weighted by molar-refractivity contribution is -0.384. The third-order valence-electron chi connectivity index (χ3n) is 11.1. The Balaban J connectivity index is 1.05. The Bertz CT molecular complexity index is 3050. The summed E-state index contributed by atoms with van der Waals surface area (Å²) in [5.74, 6) is -2.61. The fraction of sp³-hybridized carbons (Fsp3) is 0.220. The summed E-state index contributed by atoms with van der Waals surface area (Å²) < 4.78 is 44.0. The van der Waals surface area contributed by atoms with Gasteiger partial charge in [0.1, 0.15) is 35.4 Å². The first-order valence-electron chi connectivity index (χ1n) is 24.7. The fourth-order valence-corrected chi connectivity index (χ4v) is 6.98. The summed E-state index contributed by atoms with van der Waals surface area (Å²) in [4.78, 5) is 86.7. The van der Waals surface area contributed by atoms with Crippen LogP contribution in [0.5, 0.6) is 28.7 Å². The van der Waals surface area contributed by atoms with Crippen LogP contribution in [0, 0.1) is 10.1 Å². The SMILES string of the molecule is C=CC(=O)OCCCCCCOc1ccc(OC(=O)c2ccc(C(=O)Oc3ccc(OCCCCCCOC(=O)C=C)cc3)c(C(=O)OCc3ccc(OC(=O)c4ccc(N=Nc5ccc([N+](=O)[O-])cc5)cc4)cc3)c2)cc1. The highest BCUT2D eigenvalue weighted by atomic mass is 16.6. The molecule has 0 aliphatic heterocycles. The van der Waals surface area contributed by atoms with Gasteiger partial charge in [-0.2, -0.15) is 10.2 Å². The lowest BCUT2D eigenvalue weighted by Crippen LogP contribution is -2.18. The Kier molecular flexibility index (Phi) is 22.5. The number of unbranched alkanes of at least 4 members (excludes halogenated alkanes) is 6. The van der Waals surface area contributed by atoms with Crippen molar-refractivity contribution in [1.29, 1.82) is 0 Å². The molecule has 19 heteroatoms. The Morgan fingerprint density at radius 3 is 1.32 bits per heavy atom. The van der Waals surface area contributed by atoms with Crippen molar-refractivity contribution in [2.24, 2.45) is 10.2 Å². The molecule has 0 spiro atoms. The van der Waals surface area contributed by atoms with Crippen molar-refractivity contribution in [1.82, 2.24) is 0 Å². The van der Waals surface area contributed by atoms with Crippen LogP contribution in [-0.2, 0) is 30.4 Å². The van der Waals surface area contributed by atoms with Crippen molar-refractivity contribution < 1.29 is 71.6 Å². The molecule has 0 atom stereocenters. The van der Waals surface area contributed by atoms with Crippen LogP contribution in [0.25, 0.3) is 0 Å². The van der Waals surface area contributed by atoms with Gasteiger partial charge in [0, 0.05) is 24.3 Å². The number of rotatable bonds is 30. The van der Waals surface area contributed by atoms with Crippen LogP contribution in [0.3, 0.4) is 0 Å². The maximum atomic E-state index is 13.8. The molecule has 6 aromatic rings. The van der Waals surface area contributed by atoms with Crippen molar-refractivity contribution in [2.75, 3.05) is 26.4 Å². The molecule has 0 aromatic heterocycles. The lowest BCUT2D eigenvalue weighted by Gasteiger charge is -2.13. The zero-order chi connectivity index (χ0) is 55.5. The van der Waals surface area contributed by atoms with Gasteiger partial charge in [-0.15, -0.1) is 0 Å². The number of carbonyl (C=O) groups excluding carboxylic acids is 6. The number of azo groups is 1. The van der Waals surface area contributed by atoms with Gasteiger partial charge in [0.25, 0.3) is 5.69 Å². The lowest BCUT2D eigenvalue weighted by atomic mass is 10.0. The molecule has 0 radical (unpaired) electrons. The van der Waals surface area contributed by atoms with E-state index in [1.807, 2.05) is 0 Å². The van der Waals surface area contributed by atoms with Gasteiger partial charge < -0.3 is 37.9 Å². The quantitative estimate of drug-likeness (QED) is 0.00595. The van der Waals surface area contributed by atoms with Crippen molar-refractivity contribution in [3.05, 3.63) is 203 Å². The molecule has 0 heterocycles. The summed E-state index contributed by atoms with van der Waals surface area (Å²) in [7, 11) is 0. The number of hydrogen-bond donors (Lipinski definition) is 0. The molecule has 0 N–H and O–H groups in total. The number of esters is 6. The van der Waals surface area contributed by atoms with Crippen LogP contribution in [0.15, 0.2) is 175 Å². The molecule has 78 heavy (non-hydrogen) atoms. The second-order valence-corrected chi connectivity index (χ2v) is 16.9. The van der Waals surface area contributed by atoms with Crippen LogP contribution in [0.4, 0.5) is 17.1 Å². The summed E-state index contributed by atoms with van der Waals surface area (Å²) in [5, 5.41) is 19.1. The van der Waals surface area contributed by atoms with Gasteiger partial charge in [-0.1, -0.05) is 25.3 Å². The zero-order valence-corrected chi connectivity index (χ0v) is 42.4. The van der Waals surface area contributed by atoms with Gasteiger partial charge in [0.05, 0.1) is 65.0 Å². The summed E-state index contributed by atoms with van der Waals surface area (Å²) in [5.41, 5.74) is 0.934. The molecule has 402 valence electrons. The van der Waals surface area contributed by atoms with Crippen LogP contribution >= 0.6 is 0 Å². The van der Waals surface area contributed by atoms with Crippen molar-refractivity contribution in [2.45, 2.75) is 58.0 Å². The van der Waals surface area contributed by atoms with E-state index >= 15 is 0 Å². The van der Waals surface area contributed by atoms with E-state index in [0.717, 1.165) is 63.5 Å². The molecule has 0 unspecified atom stereocenters. The summed E-state index contributed by atoms with van der Waals surface area (Å²) in [6.07, 6.45) is 8.71. The smallest absolute Gasteiger partial charge is 0.344 e. The van der Waals surface area contributed by atoms with Crippen LogP contribution < -0.4 is 23.7 Å². The Hall–Kier alpha value is -9.78. The molecule has 6 aromatic carbocycles. The molecule has 0 bridgehead atoms. The number of hydrogen-bond acceptors (Lipinski definition) is 18. The van der Waals surface area contributed by atoms with Gasteiger partial charge >= 0.3 is 35.8 Å². The number of nitro benzene ring substituents is 1. The first kappa shape index (κ1) is 57.5. The second-order valence-electron chi connectivity index (χ2n) is 16.9. The van der Waals surface area contributed by atoms with Crippen LogP contribution in [0.1, 0.15) is 98.4 Å². The average Bonchev–Trinajstić information content (AvgIpc) is 3.46. The molecule has 0 aliphatic rings. The van der Waals surface area contributed by atoms with E-state index in [4.69, 9.17) is 37.9 Å². The maximum absolute atomic E-state index is 13.8. The first-order valence-corrected chi connectivity index (χ1v) is 24.7. The van der Waals surface area contributed by atoms with Gasteiger partial charge in [-0.25, -0.2) is 28.8 Å². The van der Waals surface area contributed by atoms with Crippen molar-refractivity contribution >= 4 is 52.9 Å². The van der Waals surface area contributed by atoms with Gasteiger partial charge in [0.15, 0.2) is 0 Å². The number of non-ortho nitro benzene ring substituents is 1. The Labute approximate surface area is 449 Å². The predicted molar refractivity (Wildman–Crippen MR) is 284 cm³/mol. The third-order valence-corrected chi connectivity index (χ3v) is 11.1. The van der Waals surface area contributed by atoms with E-state index < -0.39 is 40.7 Å². The zero-order valence-electron chi connectivity index (χ0n) is 42.4. The fourth-order valence-electron chi connectivity index (χ4n) is 6.98. The minimum atomic E-state index is -0.956. The minimum Gasteiger partial charge on any atom is -0.494 e. The van der Waals surface area contributed by atoms with Crippen LogP contribution in [0.2, 0.25) is 0 Å². The minimum absolute atomic E-state index is 0.0665. The van der Waals surface area contributed by atoms with E-state index in [-0.39, 0.29) is 51.8 Å². The van der Waals surface area contributed by atoms with Gasteiger partial charge in [-0.05, 0) is 172 Å². The van der Waals surface area contributed by atoms with Crippen LogP contribution in [-0.4, -0.2) is 67.2 Å². The molecule has 19 nitrogen and oxygen atoms in total. The number of ether oxygens (including phenoxy) is 8. The highest BCUT2D eigenvalue weighted by molar-refractivity contribution is 6.06. The molecule has 6 rings (SSSR count). The summed E-state index contributed by atoms with van der Waals surface area (Å²) in [6, 6.07) is 34.4. The largest absolute Gasteiger partial charge is 0.494 e. The third kappa shape index (κ3) is 19.2. The number of nitrogens with zero attached hydrogens (tertiary/aromatic N) is 3. The Morgan fingerprint density at radius 1 is 0.436 bits per heavy atom. The average molecular weight is 1060 g/mol. The highest BCUT2D eigenvalue weighted by Gasteiger charge is 2.24. The predicted octanol–water partition coefficient (Wildman–Crippen LogP) is 12.4. The molecule has 0 aliphatic carbocycles. The molecule has 0 saturated carbocycles. The molecular weight excluding hydrogens is 1010 g/mol. The first-order chi connectivity index (χ1) is 37.9. The van der Waals surface area contributed by atoms with Crippen molar-refractivity contribution in [3.8, 4) is 28.7 Å². The highest BCUT2D eigenvalue weighted by Crippen LogP contribution is 2.26. The molecule has 0 amide bonds. The summed E-state index contributed by atoms with van der Waals surface area (Å²) in [6.45, 7) is 8.01. The van der Waals surface area contributed by atoms with E-state index in [9.17, 15) is 38.9 Å². The number of nitro groups is 1. The number of benzene rings is 6. The van der Waals surface area contributed by atoms with Crippen molar-refractivity contribution in [3.63, 3.8) is 0 Å². The van der Waals surface area contributed by atoms with E-state index in [1.165, 1.54) is 78.9 Å². The van der Waals surface area contributed by atoms with E-state index in [0.29, 0.717) is 54.9 Å². The normalized spacial score (nSPS) is 10.7. The number of carbonyl (C=O) groups is 6.